The average Bonchev–Trinajstić information content (AvgIpc) is 2.48. The minimum Gasteiger partial charge on any atom is -0.466 e. The average molecular weight is 206 g/mol. The molecule has 0 bridgehead atoms. The molecular weight excluding hydrogens is 188 g/mol. The minimum atomic E-state index is -0.0255. The van der Waals surface area contributed by atoms with Crippen LogP contribution in [0.15, 0.2) is 30.3 Å². The van der Waals surface area contributed by atoms with Crippen LogP contribution in [0.3, 0.4) is 0 Å². The predicted octanol–water partition coefficient (Wildman–Crippen LogP) is 3.10. The first kappa shape index (κ1) is 11.8. The van der Waals surface area contributed by atoms with Gasteiger partial charge in [0.25, 0.3) is 0 Å². The number of rotatable bonds is 0. The van der Waals surface area contributed by atoms with Gasteiger partial charge < -0.3 is 4.74 Å². The van der Waals surface area contributed by atoms with Crippen LogP contribution in [0.5, 0.6) is 0 Å². The summed E-state index contributed by atoms with van der Waals surface area (Å²) in [5, 5.41) is 0. The summed E-state index contributed by atoms with van der Waals surface area (Å²) < 4.78 is 4.76. The third-order valence-corrected chi connectivity index (χ3v) is 2.23. The molecule has 1 aromatic carbocycles. The predicted molar refractivity (Wildman–Crippen MR) is 60.6 cm³/mol. The van der Waals surface area contributed by atoms with Crippen molar-refractivity contribution in [1.29, 1.82) is 0 Å². The summed E-state index contributed by atoms with van der Waals surface area (Å²) in [6.45, 7) is 2.72. The van der Waals surface area contributed by atoms with Gasteiger partial charge in [-0.2, -0.15) is 0 Å². The Morgan fingerprint density at radius 2 is 1.80 bits per heavy atom. The van der Waals surface area contributed by atoms with E-state index in [1.165, 1.54) is 5.56 Å². The lowest BCUT2D eigenvalue weighted by atomic mass is 10.2. The van der Waals surface area contributed by atoms with E-state index in [-0.39, 0.29) is 5.97 Å². The molecule has 2 rings (SSSR count). The lowest BCUT2D eigenvalue weighted by Gasteiger charge is -1.93. The van der Waals surface area contributed by atoms with Gasteiger partial charge in [-0.1, -0.05) is 35.9 Å². The zero-order chi connectivity index (χ0) is 10.9. The number of hydrogen-bond acceptors (Lipinski definition) is 2. The van der Waals surface area contributed by atoms with Crippen LogP contribution in [0.25, 0.3) is 0 Å². The summed E-state index contributed by atoms with van der Waals surface area (Å²) in [6, 6.07) is 10.3. The normalized spacial score (nSPS) is 15.7. The van der Waals surface area contributed by atoms with Gasteiger partial charge in [0.15, 0.2) is 0 Å². The van der Waals surface area contributed by atoms with Gasteiger partial charge in [-0.05, 0) is 26.2 Å². The Morgan fingerprint density at radius 1 is 1.07 bits per heavy atom. The van der Waals surface area contributed by atoms with Crippen molar-refractivity contribution in [2.24, 2.45) is 0 Å². The second kappa shape index (κ2) is 7.04. The maximum Gasteiger partial charge on any atom is 0.305 e. The van der Waals surface area contributed by atoms with Gasteiger partial charge in [-0.15, -0.1) is 0 Å². The highest BCUT2D eigenvalue weighted by atomic mass is 16.5. The monoisotopic (exact) mass is 206 g/mol. The van der Waals surface area contributed by atoms with Gasteiger partial charge in [0.05, 0.1) is 6.61 Å². The number of carbonyl (C=O) groups excluding carboxylic acids is 1. The highest BCUT2D eigenvalue weighted by Crippen LogP contribution is 2.06. The molecule has 1 aliphatic heterocycles. The number of cyclic esters (lactones) is 1. The van der Waals surface area contributed by atoms with Crippen molar-refractivity contribution in [2.75, 3.05) is 6.61 Å². The van der Waals surface area contributed by atoms with Crippen molar-refractivity contribution >= 4 is 5.97 Å². The molecule has 0 radical (unpaired) electrons. The smallest absolute Gasteiger partial charge is 0.305 e. The van der Waals surface area contributed by atoms with Crippen molar-refractivity contribution in [3.63, 3.8) is 0 Å². The fourth-order valence-corrected chi connectivity index (χ4v) is 1.34. The zero-order valence-electron chi connectivity index (χ0n) is 9.24. The molecule has 1 aliphatic rings. The van der Waals surface area contributed by atoms with Crippen molar-refractivity contribution < 1.29 is 9.53 Å². The molecule has 0 aromatic heterocycles. The van der Waals surface area contributed by atoms with Crippen LogP contribution in [0.1, 0.15) is 31.2 Å². The number of esters is 1. The Balaban J connectivity index is 0.000000151. The van der Waals surface area contributed by atoms with Gasteiger partial charge in [0.2, 0.25) is 0 Å². The third-order valence-electron chi connectivity index (χ3n) is 2.23. The van der Waals surface area contributed by atoms with E-state index in [0.29, 0.717) is 13.0 Å². The molecule has 0 saturated carbocycles. The van der Waals surface area contributed by atoms with Crippen LogP contribution >= 0.6 is 0 Å². The lowest BCUT2D eigenvalue weighted by Crippen LogP contribution is -2.00. The summed E-state index contributed by atoms with van der Waals surface area (Å²) in [4.78, 5) is 10.5. The van der Waals surface area contributed by atoms with Crippen molar-refractivity contribution in [3.05, 3.63) is 35.9 Å². The fraction of sp³-hybridized carbons (Fsp3) is 0.462. The molecule has 0 aliphatic carbocycles. The van der Waals surface area contributed by atoms with Gasteiger partial charge in [0.1, 0.15) is 0 Å². The Hall–Kier alpha value is -1.31. The first-order chi connectivity index (χ1) is 7.29. The molecule has 15 heavy (non-hydrogen) atoms. The molecule has 82 valence electrons. The van der Waals surface area contributed by atoms with Gasteiger partial charge in [-0.25, -0.2) is 0 Å². The van der Waals surface area contributed by atoms with Crippen molar-refractivity contribution in [3.8, 4) is 0 Å². The summed E-state index contributed by atoms with van der Waals surface area (Å²) >= 11 is 0. The minimum absolute atomic E-state index is 0.0255. The maximum atomic E-state index is 10.5. The highest BCUT2D eigenvalue weighted by Gasteiger charge is 2.05. The van der Waals surface area contributed by atoms with E-state index in [1.807, 2.05) is 18.2 Å². The van der Waals surface area contributed by atoms with E-state index < -0.39 is 0 Å². The fourth-order valence-electron chi connectivity index (χ4n) is 1.34. The molecule has 1 saturated heterocycles. The lowest BCUT2D eigenvalue weighted by molar-refractivity contribution is -0.142. The van der Waals surface area contributed by atoms with Gasteiger partial charge >= 0.3 is 5.97 Å². The Morgan fingerprint density at radius 3 is 2.40 bits per heavy atom. The van der Waals surface area contributed by atoms with Crippen LogP contribution in [-0.4, -0.2) is 12.6 Å². The molecule has 2 heteroatoms. The second-order valence-corrected chi connectivity index (χ2v) is 3.69. The van der Waals surface area contributed by atoms with E-state index >= 15 is 0 Å². The molecule has 1 heterocycles. The number of ether oxygens (including phenoxy) is 1. The first-order valence-electron chi connectivity index (χ1n) is 5.46. The summed E-state index contributed by atoms with van der Waals surface area (Å²) in [5.41, 5.74) is 1.32. The Labute approximate surface area is 91.3 Å². The molecule has 1 aromatic rings. The molecule has 1 fully saturated rings. The number of carbonyl (C=O) groups is 1. The molecule has 0 unspecified atom stereocenters. The van der Waals surface area contributed by atoms with Crippen LogP contribution in [-0.2, 0) is 9.53 Å². The van der Waals surface area contributed by atoms with Crippen LogP contribution in [0, 0.1) is 6.92 Å². The van der Waals surface area contributed by atoms with E-state index in [2.05, 4.69) is 19.1 Å². The number of aryl methyl sites for hydroxylation is 1. The summed E-state index contributed by atoms with van der Waals surface area (Å²) in [6.07, 6.45) is 3.83. The zero-order valence-corrected chi connectivity index (χ0v) is 9.24. The SMILES string of the molecule is Cc1ccccc1.O=C1CCCCCO1. The third kappa shape index (κ3) is 5.89. The van der Waals surface area contributed by atoms with E-state index in [4.69, 9.17) is 4.74 Å². The first-order valence-corrected chi connectivity index (χ1v) is 5.46. The number of benzene rings is 1. The molecule has 0 N–H and O–H groups in total. The van der Waals surface area contributed by atoms with Crippen molar-refractivity contribution in [2.45, 2.75) is 32.6 Å². The largest absolute Gasteiger partial charge is 0.466 e. The topological polar surface area (TPSA) is 26.3 Å². The van der Waals surface area contributed by atoms with Crippen molar-refractivity contribution in [1.82, 2.24) is 0 Å². The number of hydrogen-bond donors (Lipinski definition) is 0. The Kier molecular flexibility index (Phi) is 5.52. The highest BCUT2D eigenvalue weighted by molar-refractivity contribution is 5.69. The molecular formula is C13H18O2. The van der Waals surface area contributed by atoms with Crippen LogP contribution in [0.4, 0.5) is 0 Å². The summed E-state index contributed by atoms with van der Waals surface area (Å²) in [5.74, 6) is -0.0255. The second-order valence-electron chi connectivity index (χ2n) is 3.69. The standard InChI is InChI=1S/C7H8.C6H10O2/c1-7-5-3-2-4-6-7;7-6-4-2-1-3-5-8-6/h2-6H,1H3;1-5H2. The molecule has 0 amide bonds. The quantitative estimate of drug-likeness (QED) is 0.610. The summed E-state index contributed by atoms with van der Waals surface area (Å²) in [7, 11) is 0. The van der Waals surface area contributed by atoms with Gasteiger partial charge in [0, 0.05) is 6.42 Å². The van der Waals surface area contributed by atoms with Crippen LogP contribution in [0.2, 0.25) is 0 Å². The molecule has 2 nitrogen and oxygen atoms in total. The van der Waals surface area contributed by atoms with Crippen LogP contribution < -0.4 is 0 Å². The molecule has 0 atom stereocenters. The van der Waals surface area contributed by atoms with E-state index in [1.54, 1.807) is 0 Å². The Bertz CT molecular complexity index is 270. The van der Waals surface area contributed by atoms with E-state index in [9.17, 15) is 4.79 Å². The van der Waals surface area contributed by atoms with Gasteiger partial charge in [-0.3, -0.25) is 4.79 Å². The van der Waals surface area contributed by atoms with E-state index in [0.717, 1.165) is 19.3 Å². The maximum absolute atomic E-state index is 10.5. The molecule has 0 spiro atoms.